The van der Waals surface area contributed by atoms with Crippen LogP contribution in [0, 0.1) is 12.7 Å². The van der Waals surface area contributed by atoms with E-state index in [9.17, 15) is 22.4 Å². The van der Waals surface area contributed by atoms with Crippen LogP contribution in [-0.4, -0.2) is 50.9 Å². The van der Waals surface area contributed by atoms with Gasteiger partial charge in [0.25, 0.3) is 10.0 Å². The molecule has 0 aromatic heterocycles. The van der Waals surface area contributed by atoms with Gasteiger partial charge in [-0.05, 0) is 80.8 Å². The molecule has 1 saturated carbocycles. The molecule has 1 aliphatic carbocycles. The maximum absolute atomic E-state index is 14.0. The quantitative estimate of drug-likeness (QED) is 0.351. The largest absolute Gasteiger partial charge is 0.497 e. The molecule has 0 saturated heterocycles. The fourth-order valence-corrected chi connectivity index (χ4v) is 6.29. The molecule has 0 bridgehead atoms. The van der Waals surface area contributed by atoms with Crippen LogP contribution in [0.25, 0.3) is 0 Å². The van der Waals surface area contributed by atoms with Crippen molar-refractivity contribution in [3.63, 3.8) is 0 Å². The number of nitrogens with zero attached hydrogens (tertiary/aromatic N) is 2. The number of ether oxygens (including phenoxy) is 1. The van der Waals surface area contributed by atoms with Gasteiger partial charge >= 0.3 is 0 Å². The van der Waals surface area contributed by atoms with E-state index < -0.39 is 34.3 Å². The maximum Gasteiger partial charge on any atom is 0.264 e. The van der Waals surface area contributed by atoms with E-state index in [1.54, 1.807) is 50.4 Å². The third-order valence-corrected chi connectivity index (χ3v) is 9.17. The predicted octanol–water partition coefficient (Wildman–Crippen LogP) is 4.81. The fourth-order valence-electron chi connectivity index (χ4n) is 4.88. The number of rotatable bonds is 11. The molecule has 218 valence electrons. The van der Waals surface area contributed by atoms with Crippen molar-refractivity contribution >= 4 is 27.5 Å². The van der Waals surface area contributed by atoms with Gasteiger partial charge in [-0.25, -0.2) is 12.8 Å². The number of anilines is 1. The fraction of sp³-hybridized carbons (Fsp3) is 0.355. The van der Waals surface area contributed by atoms with Crippen LogP contribution in [0.4, 0.5) is 10.1 Å². The molecule has 8 nitrogen and oxygen atoms in total. The molecule has 1 N–H and O–H groups in total. The van der Waals surface area contributed by atoms with E-state index in [0.717, 1.165) is 53.2 Å². The van der Waals surface area contributed by atoms with Gasteiger partial charge in [0.1, 0.15) is 24.2 Å². The van der Waals surface area contributed by atoms with Crippen molar-refractivity contribution in [2.24, 2.45) is 0 Å². The molecule has 0 heterocycles. The maximum atomic E-state index is 14.0. The molecule has 0 aliphatic heterocycles. The smallest absolute Gasteiger partial charge is 0.264 e. The lowest BCUT2D eigenvalue weighted by Gasteiger charge is -2.32. The number of sulfonamides is 1. The summed E-state index contributed by atoms with van der Waals surface area (Å²) in [4.78, 5) is 28.6. The number of amides is 2. The second kappa shape index (κ2) is 13.2. The van der Waals surface area contributed by atoms with Crippen molar-refractivity contribution < 1.29 is 27.1 Å². The summed E-state index contributed by atoms with van der Waals surface area (Å²) in [6.07, 6.45) is 3.85. The lowest BCUT2D eigenvalue weighted by molar-refractivity contribution is -0.139. The Morgan fingerprint density at radius 1 is 0.976 bits per heavy atom. The first-order chi connectivity index (χ1) is 19.6. The Balaban J connectivity index is 1.67. The molecule has 41 heavy (non-hydrogen) atoms. The lowest BCUT2D eigenvalue weighted by Crippen LogP contribution is -2.52. The van der Waals surface area contributed by atoms with Gasteiger partial charge in [0.15, 0.2) is 0 Å². The second-order valence-corrected chi connectivity index (χ2v) is 12.2. The zero-order valence-electron chi connectivity index (χ0n) is 23.5. The van der Waals surface area contributed by atoms with Crippen LogP contribution in [0.3, 0.4) is 0 Å². The summed E-state index contributed by atoms with van der Waals surface area (Å²) >= 11 is 0. The zero-order chi connectivity index (χ0) is 29.6. The van der Waals surface area contributed by atoms with Gasteiger partial charge in [-0.3, -0.25) is 13.9 Å². The van der Waals surface area contributed by atoms with Gasteiger partial charge < -0.3 is 15.0 Å². The van der Waals surface area contributed by atoms with Gasteiger partial charge in [0.2, 0.25) is 11.8 Å². The van der Waals surface area contributed by atoms with Crippen molar-refractivity contribution in [2.45, 2.75) is 63.1 Å². The molecule has 1 aliphatic rings. The van der Waals surface area contributed by atoms with Crippen LogP contribution < -0.4 is 14.4 Å². The average Bonchev–Trinajstić information content (AvgIpc) is 3.48. The molecule has 1 fully saturated rings. The predicted molar refractivity (Wildman–Crippen MR) is 156 cm³/mol. The number of carbonyl (C=O) groups excluding carboxylic acids is 2. The van der Waals surface area contributed by atoms with Gasteiger partial charge in [-0.2, -0.15) is 0 Å². The highest BCUT2D eigenvalue weighted by atomic mass is 32.2. The minimum atomic E-state index is -4.21. The molecule has 0 unspecified atom stereocenters. The normalized spacial score (nSPS) is 14.3. The Kier molecular flexibility index (Phi) is 9.65. The molecule has 3 aromatic carbocycles. The SMILES string of the molecule is COc1ccc(CN(C(=O)CN(c2ccc(F)cc2)S(=O)(=O)c2ccc(C)cc2)[C@H](C)C(=O)NC2CCCC2)cc1. The summed E-state index contributed by atoms with van der Waals surface area (Å²) in [5.41, 5.74) is 1.75. The van der Waals surface area contributed by atoms with Crippen LogP contribution in [0.5, 0.6) is 5.75 Å². The number of methoxy groups -OCH3 is 1. The third kappa shape index (κ3) is 7.43. The Morgan fingerprint density at radius 2 is 1.59 bits per heavy atom. The van der Waals surface area contributed by atoms with Crippen LogP contribution in [0.2, 0.25) is 0 Å². The second-order valence-electron chi connectivity index (χ2n) is 10.3. The Hall–Kier alpha value is -3.92. The minimum absolute atomic E-state index is 0.00560. The standard InChI is InChI=1S/C31H36FN3O5S/c1-22-8-18-29(19-9-22)41(38,39)35(27-14-12-25(32)13-15-27)21-30(36)34(20-24-10-16-28(40-3)17-11-24)23(2)31(37)33-26-6-4-5-7-26/h8-19,23,26H,4-7,20-21H2,1-3H3,(H,33,37)/t23-/m1/s1. The number of benzene rings is 3. The van der Waals surface area contributed by atoms with Gasteiger partial charge in [-0.1, -0.05) is 42.7 Å². The van der Waals surface area contributed by atoms with Crippen molar-refractivity contribution in [1.29, 1.82) is 0 Å². The van der Waals surface area contributed by atoms with E-state index in [-0.39, 0.29) is 29.1 Å². The molecule has 0 spiro atoms. The molecule has 0 radical (unpaired) electrons. The van der Waals surface area contributed by atoms with Crippen LogP contribution in [0.1, 0.15) is 43.7 Å². The van der Waals surface area contributed by atoms with E-state index in [0.29, 0.717) is 5.75 Å². The van der Waals surface area contributed by atoms with Crippen molar-refractivity contribution in [3.05, 3.63) is 89.7 Å². The topological polar surface area (TPSA) is 96.0 Å². The van der Waals surface area contributed by atoms with Crippen LogP contribution >= 0.6 is 0 Å². The first kappa shape index (κ1) is 30.0. The Bertz CT molecular complexity index is 1440. The molecular weight excluding hydrogens is 545 g/mol. The summed E-state index contributed by atoms with van der Waals surface area (Å²) in [5.74, 6) is -0.764. The van der Waals surface area contributed by atoms with Gasteiger partial charge in [-0.15, -0.1) is 0 Å². The number of aryl methyl sites for hydroxylation is 1. The van der Waals surface area contributed by atoms with Crippen LogP contribution in [0.15, 0.2) is 77.7 Å². The minimum Gasteiger partial charge on any atom is -0.497 e. The Morgan fingerprint density at radius 3 is 2.17 bits per heavy atom. The number of hydrogen-bond donors (Lipinski definition) is 1. The molecule has 3 aromatic rings. The van der Waals surface area contributed by atoms with Crippen molar-refractivity contribution in [2.75, 3.05) is 18.0 Å². The summed E-state index contributed by atoms with van der Waals surface area (Å²) in [5, 5.41) is 3.04. The van der Waals surface area contributed by atoms with Crippen molar-refractivity contribution in [1.82, 2.24) is 10.2 Å². The third-order valence-electron chi connectivity index (χ3n) is 7.38. The molecule has 10 heteroatoms. The first-order valence-corrected chi connectivity index (χ1v) is 15.1. The number of hydrogen-bond acceptors (Lipinski definition) is 5. The highest BCUT2D eigenvalue weighted by Crippen LogP contribution is 2.26. The number of halogens is 1. The van der Waals surface area contributed by atoms with Gasteiger partial charge in [0, 0.05) is 12.6 Å². The summed E-state index contributed by atoms with van der Waals surface area (Å²) < 4.78 is 47.6. The van der Waals surface area contributed by atoms with Crippen molar-refractivity contribution in [3.8, 4) is 5.75 Å². The number of nitrogens with one attached hydrogen (secondary N) is 1. The van der Waals surface area contributed by atoms with E-state index >= 15 is 0 Å². The van der Waals surface area contributed by atoms with E-state index in [2.05, 4.69) is 5.32 Å². The molecule has 4 rings (SSSR count). The number of carbonyl (C=O) groups is 2. The monoisotopic (exact) mass is 581 g/mol. The Labute approximate surface area is 241 Å². The molecule has 2 amide bonds. The van der Waals surface area contributed by atoms with E-state index in [1.807, 2.05) is 6.92 Å². The summed E-state index contributed by atoms with van der Waals surface area (Å²) in [7, 11) is -2.66. The molecular formula is C31H36FN3O5S. The van der Waals surface area contributed by atoms with E-state index in [4.69, 9.17) is 4.74 Å². The zero-order valence-corrected chi connectivity index (χ0v) is 24.4. The average molecular weight is 582 g/mol. The molecule has 1 atom stereocenters. The lowest BCUT2D eigenvalue weighted by atomic mass is 10.1. The highest BCUT2D eigenvalue weighted by molar-refractivity contribution is 7.92. The van der Waals surface area contributed by atoms with Crippen LogP contribution in [-0.2, 0) is 26.2 Å². The van der Waals surface area contributed by atoms with Gasteiger partial charge in [0.05, 0.1) is 17.7 Å². The summed E-state index contributed by atoms with van der Waals surface area (Å²) in [6, 6.07) is 17.5. The highest BCUT2D eigenvalue weighted by Gasteiger charge is 2.33. The van der Waals surface area contributed by atoms with E-state index in [1.165, 1.54) is 29.2 Å². The first-order valence-electron chi connectivity index (χ1n) is 13.7. The summed E-state index contributed by atoms with van der Waals surface area (Å²) in [6.45, 7) is 2.97.